The number of nitrogens with two attached hydrogens (primary N) is 2. The highest BCUT2D eigenvalue weighted by atomic mass is 16.5. The third-order valence-electron chi connectivity index (χ3n) is 15.2. The van der Waals surface area contributed by atoms with Crippen molar-refractivity contribution in [3.63, 3.8) is 0 Å². The number of rotatable bonds is 22. The zero-order valence-electron chi connectivity index (χ0n) is 36.7. The van der Waals surface area contributed by atoms with Crippen molar-refractivity contribution in [2.75, 3.05) is 40.1 Å². The van der Waals surface area contributed by atoms with Crippen LogP contribution in [0.15, 0.2) is 12.1 Å². The van der Waals surface area contributed by atoms with Crippen molar-refractivity contribution in [1.82, 2.24) is 5.32 Å². The van der Waals surface area contributed by atoms with E-state index in [1.807, 2.05) is 0 Å². The summed E-state index contributed by atoms with van der Waals surface area (Å²) in [5.74, 6) is -1.05. The van der Waals surface area contributed by atoms with Gasteiger partial charge in [0, 0.05) is 24.4 Å². The van der Waals surface area contributed by atoms with Crippen LogP contribution in [0, 0.1) is 40.4 Å². The lowest BCUT2D eigenvalue weighted by molar-refractivity contribution is -0.198. The number of fused-ring (bicyclic) bond motifs is 5. The third kappa shape index (κ3) is 10.8. The Balaban J connectivity index is 1.06. The Bertz CT molecular complexity index is 1650. The number of benzene rings is 1. The molecule has 60 heavy (non-hydrogen) atoms. The number of Topliss-reactive ketones (excluding diaryl/α,β-unsaturated/α-hetero) is 1. The molecule has 4 fully saturated rings. The van der Waals surface area contributed by atoms with E-state index in [9.17, 15) is 34.5 Å². The fraction of sp³-hybridized carbons (Fsp3) is 0.783. The summed E-state index contributed by atoms with van der Waals surface area (Å²) >= 11 is 0. The molecule has 1 aromatic rings. The molecule has 2 amide bonds. The molecule has 0 aromatic heterocycles. The van der Waals surface area contributed by atoms with E-state index in [4.69, 9.17) is 30.4 Å². The second-order valence-corrected chi connectivity index (χ2v) is 19.0. The highest BCUT2D eigenvalue weighted by Gasteiger charge is 2.64. The van der Waals surface area contributed by atoms with Gasteiger partial charge < -0.3 is 51.1 Å². The summed E-state index contributed by atoms with van der Waals surface area (Å²) in [5.41, 5.74) is 10.9. The maximum atomic E-state index is 13.6. The number of primary amides is 1. The predicted molar refractivity (Wildman–Crippen MR) is 225 cm³/mol. The smallest absolute Gasteiger partial charge is 0.323 e. The first-order valence-corrected chi connectivity index (χ1v) is 22.5. The topological polar surface area (TPSA) is 230 Å². The van der Waals surface area contributed by atoms with Crippen molar-refractivity contribution in [2.24, 2.45) is 51.9 Å². The first-order valence-electron chi connectivity index (χ1n) is 22.5. The molecule has 4 aliphatic rings. The minimum atomic E-state index is -1.15. The van der Waals surface area contributed by atoms with Gasteiger partial charge in [-0.2, -0.15) is 0 Å². The van der Waals surface area contributed by atoms with Crippen molar-refractivity contribution in [3.05, 3.63) is 23.3 Å². The van der Waals surface area contributed by atoms with Crippen LogP contribution in [-0.2, 0) is 35.0 Å². The van der Waals surface area contributed by atoms with Gasteiger partial charge in [-0.3, -0.25) is 19.2 Å². The molecule has 0 heterocycles. The molecule has 0 saturated heterocycles. The molecule has 0 aliphatic heterocycles. The van der Waals surface area contributed by atoms with Crippen molar-refractivity contribution in [3.8, 4) is 11.5 Å². The van der Waals surface area contributed by atoms with E-state index >= 15 is 0 Å². The fourth-order valence-corrected chi connectivity index (χ4v) is 12.2. The van der Waals surface area contributed by atoms with Gasteiger partial charge in [0.15, 0.2) is 5.78 Å². The molecule has 1 aromatic carbocycles. The number of hydrogen-bond acceptors (Lipinski definition) is 12. The minimum Gasteiger partial charge on any atom is -0.507 e. The zero-order chi connectivity index (χ0) is 43.8. The molecule has 338 valence electrons. The summed E-state index contributed by atoms with van der Waals surface area (Å²) in [6.45, 7) is 9.40. The van der Waals surface area contributed by atoms with Gasteiger partial charge >= 0.3 is 5.97 Å². The molecule has 5 rings (SSSR count). The Morgan fingerprint density at radius 3 is 2.38 bits per heavy atom. The molecular weight excluding hydrogens is 771 g/mol. The molecule has 14 nitrogen and oxygen atoms in total. The number of hydrogen-bond donors (Lipinski definition) is 6. The molecule has 14 heteroatoms. The van der Waals surface area contributed by atoms with E-state index in [2.05, 4.69) is 33.0 Å². The Hall–Kier alpha value is -3.30. The molecular formula is C46H73N3O11. The highest BCUT2D eigenvalue weighted by molar-refractivity contribution is 5.99. The standard InChI is InChI=1S/C46H73N3O11/c1-6-7-8-9-16-46(4,56)38-13-11-32-31-25-37(34-24-29(50)14-17-44(34,2)33(31)15-18-45(32,38)3)60-43(55)35(47)26-39(52)49-19-20-58-21-22-59-27-30(51)23-28-10-12-36(57-5)40(41(28)53)42(48)54/h10,12,29,31-35,37-38,50,53,56H,6-9,11,13-27,47H2,1-5H3,(H2,48,54)(H,49,52)/t29-,31-,32-,33-,34+,35-,37-,38-,44+,45-,46-/m0/s1. The average molecular weight is 844 g/mol. The first kappa shape index (κ1) is 47.7. The second-order valence-electron chi connectivity index (χ2n) is 19.0. The van der Waals surface area contributed by atoms with E-state index in [0.29, 0.717) is 30.6 Å². The van der Waals surface area contributed by atoms with Crippen LogP contribution in [0.4, 0.5) is 0 Å². The van der Waals surface area contributed by atoms with Crippen LogP contribution in [0.1, 0.15) is 134 Å². The molecule has 8 N–H and O–H groups in total. The number of aromatic hydroxyl groups is 1. The van der Waals surface area contributed by atoms with E-state index in [-0.39, 0.29) is 91.1 Å². The molecule has 0 radical (unpaired) electrons. The lowest BCUT2D eigenvalue weighted by atomic mass is 9.43. The summed E-state index contributed by atoms with van der Waals surface area (Å²) < 4.78 is 22.2. The second kappa shape index (κ2) is 20.7. The number of unbranched alkanes of at least 4 members (excludes halogenated alkanes) is 3. The largest absolute Gasteiger partial charge is 0.507 e. The molecule has 4 saturated carbocycles. The SMILES string of the molecule is CCCCCC[C@](C)(O)[C@H]1CC[C@H]2[C@@H]3C[C@H](OC(=O)[C@@H](N)CC(=O)NCCOCCOCC(=O)Cc4ccc(OC)c(C(N)=O)c4O)[C@H]4C[C@@H](O)CC[C@]4(C)[C@H]3CC[C@@]21C. The van der Waals surface area contributed by atoms with Gasteiger partial charge in [-0.25, -0.2) is 0 Å². The number of amides is 2. The average Bonchev–Trinajstić information content (AvgIpc) is 3.57. The number of phenols is 1. The van der Waals surface area contributed by atoms with Gasteiger partial charge in [-0.1, -0.05) is 52.5 Å². The maximum absolute atomic E-state index is 13.6. The number of carbonyl (C=O) groups excluding carboxylic acids is 4. The van der Waals surface area contributed by atoms with Gasteiger partial charge in [0.05, 0.1) is 45.1 Å². The predicted octanol–water partition coefficient (Wildman–Crippen LogP) is 4.74. The summed E-state index contributed by atoms with van der Waals surface area (Å²) in [7, 11) is 1.34. The van der Waals surface area contributed by atoms with Crippen LogP contribution >= 0.6 is 0 Å². The van der Waals surface area contributed by atoms with Crippen LogP contribution in [0.3, 0.4) is 0 Å². The first-order chi connectivity index (χ1) is 28.5. The molecule has 0 spiro atoms. The Kier molecular flexibility index (Phi) is 16.5. The highest BCUT2D eigenvalue weighted by Crippen LogP contribution is 2.69. The zero-order valence-corrected chi connectivity index (χ0v) is 36.7. The van der Waals surface area contributed by atoms with E-state index < -0.39 is 47.4 Å². The van der Waals surface area contributed by atoms with Crippen LogP contribution in [0.2, 0.25) is 0 Å². The summed E-state index contributed by atoms with van der Waals surface area (Å²) in [6, 6.07) is 1.79. The number of ether oxygens (including phenoxy) is 4. The Morgan fingerprint density at radius 2 is 1.67 bits per heavy atom. The van der Waals surface area contributed by atoms with Crippen LogP contribution < -0.4 is 21.5 Å². The number of esters is 1. The minimum absolute atomic E-state index is 0.00771. The monoisotopic (exact) mass is 844 g/mol. The third-order valence-corrected chi connectivity index (χ3v) is 15.2. The van der Waals surface area contributed by atoms with E-state index in [0.717, 1.165) is 57.8 Å². The summed E-state index contributed by atoms with van der Waals surface area (Å²) in [4.78, 5) is 50.5. The Morgan fingerprint density at radius 1 is 0.950 bits per heavy atom. The number of aliphatic hydroxyl groups is 2. The van der Waals surface area contributed by atoms with Crippen molar-refractivity contribution < 1.29 is 53.4 Å². The fourth-order valence-electron chi connectivity index (χ4n) is 12.2. The number of carbonyl (C=O) groups is 4. The summed E-state index contributed by atoms with van der Waals surface area (Å²) in [6.07, 6.45) is 11.3. The van der Waals surface area contributed by atoms with Crippen molar-refractivity contribution in [1.29, 1.82) is 0 Å². The normalized spacial score (nSPS) is 31.2. The molecule has 4 aliphatic carbocycles. The quantitative estimate of drug-likeness (QED) is 0.0687. The maximum Gasteiger partial charge on any atom is 0.323 e. The van der Waals surface area contributed by atoms with E-state index in [1.54, 1.807) is 0 Å². The van der Waals surface area contributed by atoms with Crippen LogP contribution in [0.25, 0.3) is 0 Å². The summed E-state index contributed by atoms with van der Waals surface area (Å²) in [5, 5.41) is 35.9. The Labute approximate surface area is 356 Å². The van der Waals surface area contributed by atoms with E-state index in [1.165, 1.54) is 32.1 Å². The van der Waals surface area contributed by atoms with Gasteiger partial charge in [-0.05, 0) is 105 Å². The molecule has 0 unspecified atom stereocenters. The van der Waals surface area contributed by atoms with Crippen LogP contribution in [-0.4, -0.2) is 103 Å². The van der Waals surface area contributed by atoms with Crippen molar-refractivity contribution in [2.45, 2.75) is 148 Å². The molecule has 0 bridgehead atoms. The number of aliphatic hydroxyl groups excluding tert-OH is 1. The number of ketones is 1. The lowest BCUT2D eigenvalue weighted by Gasteiger charge is -2.63. The van der Waals surface area contributed by atoms with Gasteiger partial charge in [0.2, 0.25) is 5.91 Å². The van der Waals surface area contributed by atoms with Gasteiger partial charge in [0.1, 0.15) is 35.8 Å². The number of nitrogens with one attached hydrogen (secondary N) is 1. The van der Waals surface area contributed by atoms with Crippen molar-refractivity contribution >= 4 is 23.6 Å². The number of methoxy groups -OCH3 is 1. The lowest BCUT2D eigenvalue weighted by Crippen LogP contribution is -2.60. The molecule has 11 atom stereocenters. The van der Waals surface area contributed by atoms with Crippen LogP contribution in [0.5, 0.6) is 11.5 Å². The van der Waals surface area contributed by atoms with Gasteiger partial charge in [-0.15, -0.1) is 0 Å². The van der Waals surface area contributed by atoms with Gasteiger partial charge in [0.25, 0.3) is 5.91 Å².